The summed E-state index contributed by atoms with van der Waals surface area (Å²) in [6.45, 7) is 2.71. The largest absolute Gasteiger partial charge is 0.494 e. The van der Waals surface area contributed by atoms with Gasteiger partial charge in [-0.05, 0) is 25.1 Å². The summed E-state index contributed by atoms with van der Waals surface area (Å²) >= 11 is 0. The van der Waals surface area contributed by atoms with Gasteiger partial charge < -0.3 is 14.2 Å². The van der Waals surface area contributed by atoms with E-state index in [4.69, 9.17) is 9.26 Å². The minimum atomic E-state index is -0.414. The quantitative estimate of drug-likeness (QED) is 0.657. The van der Waals surface area contributed by atoms with Gasteiger partial charge in [-0.3, -0.25) is 10.1 Å². The summed E-state index contributed by atoms with van der Waals surface area (Å²) in [7, 11) is 3.29. The van der Waals surface area contributed by atoms with Gasteiger partial charge in [0.25, 0.3) is 5.91 Å². The maximum Gasteiger partial charge on any atom is 0.281 e. The molecule has 0 bridgehead atoms. The van der Waals surface area contributed by atoms with E-state index in [2.05, 4.69) is 10.5 Å². The van der Waals surface area contributed by atoms with Crippen LogP contribution in [0.15, 0.2) is 53.1 Å². The smallest absolute Gasteiger partial charge is 0.281 e. The molecule has 0 saturated carbocycles. The molecule has 2 aromatic carbocycles. The predicted molar refractivity (Wildman–Crippen MR) is 104 cm³/mol. The number of aromatic nitrogens is 1. The lowest BCUT2D eigenvalue weighted by molar-refractivity contribution is -0.885. The van der Waals surface area contributed by atoms with Crippen LogP contribution in [0.5, 0.6) is 5.75 Å². The number of methoxy groups -OCH3 is 1. The number of ether oxygens (including phenoxy) is 1. The number of hydrogen-bond acceptors (Lipinski definition) is 4. The maximum atomic E-state index is 13.8. The van der Waals surface area contributed by atoms with Gasteiger partial charge in [0.2, 0.25) is 5.88 Å². The van der Waals surface area contributed by atoms with E-state index in [0.717, 1.165) is 21.6 Å². The van der Waals surface area contributed by atoms with E-state index in [1.54, 1.807) is 18.2 Å². The van der Waals surface area contributed by atoms with E-state index < -0.39 is 5.82 Å². The summed E-state index contributed by atoms with van der Waals surface area (Å²) < 4.78 is 23.9. The molecule has 0 fully saturated rings. The zero-order valence-electron chi connectivity index (χ0n) is 16.1. The molecule has 1 atom stereocenters. The molecule has 0 aliphatic carbocycles. The van der Waals surface area contributed by atoms with Crippen molar-refractivity contribution in [3.8, 4) is 17.0 Å². The fraction of sp³-hybridized carbons (Fsp3) is 0.238. The first-order valence-electron chi connectivity index (χ1n) is 8.92. The summed E-state index contributed by atoms with van der Waals surface area (Å²) in [4.78, 5) is 13.2. The van der Waals surface area contributed by atoms with Crippen molar-refractivity contribution in [2.75, 3.05) is 26.0 Å². The lowest BCUT2D eigenvalue weighted by Gasteiger charge is -2.13. The van der Waals surface area contributed by atoms with Gasteiger partial charge in [-0.15, -0.1) is 0 Å². The van der Waals surface area contributed by atoms with Crippen molar-refractivity contribution < 1.29 is 23.3 Å². The Kier molecular flexibility index (Phi) is 6.06. The SMILES string of the molecule is COc1ccc(C[NH+](C)CC(=O)Nc2cc(-c3ccc(C)cc3)no2)cc1F. The van der Waals surface area contributed by atoms with Gasteiger partial charge in [-0.1, -0.05) is 35.0 Å². The second-order valence-electron chi connectivity index (χ2n) is 6.77. The number of carbonyl (C=O) groups is 1. The predicted octanol–water partition coefficient (Wildman–Crippen LogP) is 2.45. The van der Waals surface area contributed by atoms with Gasteiger partial charge in [0.15, 0.2) is 18.1 Å². The third-order valence-electron chi connectivity index (χ3n) is 4.30. The standard InChI is InChI=1S/C21H22FN3O3/c1-14-4-7-16(8-5-14)18-11-21(28-24-18)23-20(26)13-25(2)12-15-6-9-19(27-3)17(22)10-15/h4-11H,12-13H2,1-3H3,(H,23,26)/p+1. The van der Waals surface area contributed by atoms with Crippen LogP contribution in [-0.2, 0) is 11.3 Å². The van der Waals surface area contributed by atoms with Gasteiger partial charge in [-0.2, -0.15) is 0 Å². The molecule has 1 aromatic heterocycles. The first kappa shape index (κ1) is 19.6. The number of nitrogens with one attached hydrogen (secondary N) is 2. The number of carbonyl (C=O) groups excluding carboxylic acids is 1. The summed E-state index contributed by atoms with van der Waals surface area (Å²) in [5, 5.41) is 6.70. The van der Waals surface area contributed by atoms with Crippen molar-refractivity contribution in [2.45, 2.75) is 13.5 Å². The lowest BCUT2D eigenvalue weighted by Crippen LogP contribution is -3.08. The molecule has 3 rings (SSSR count). The zero-order valence-corrected chi connectivity index (χ0v) is 16.1. The van der Waals surface area contributed by atoms with Crippen LogP contribution in [0, 0.1) is 12.7 Å². The first-order valence-corrected chi connectivity index (χ1v) is 8.92. The number of rotatable bonds is 7. The number of anilines is 1. The van der Waals surface area contributed by atoms with Crippen molar-refractivity contribution in [1.29, 1.82) is 0 Å². The molecule has 7 heteroatoms. The molecule has 6 nitrogen and oxygen atoms in total. The van der Waals surface area contributed by atoms with Crippen molar-refractivity contribution >= 4 is 11.8 Å². The van der Waals surface area contributed by atoms with Gasteiger partial charge in [-0.25, -0.2) is 4.39 Å². The van der Waals surface area contributed by atoms with E-state index in [0.29, 0.717) is 18.1 Å². The Labute approximate surface area is 162 Å². The van der Waals surface area contributed by atoms with Crippen molar-refractivity contribution in [3.05, 3.63) is 65.5 Å². The van der Waals surface area contributed by atoms with Crippen LogP contribution in [0.2, 0.25) is 0 Å². The lowest BCUT2D eigenvalue weighted by atomic mass is 10.1. The molecule has 0 radical (unpaired) electrons. The molecular weight excluding hydrogens is 361 g/mol. The van der Waals surface area contributed by atoms with Crippen molar-refractivity contribution in [2.24, 2.45) is 0 Å². The highest BCUT2D eigenvalue weighted by atomic mass is 19.1. The average molecular weight is 384 g/mol. The van der Waals surface area contributed by atoms with Gasteiger partial charge in [0.1, 0.15) is 12.2 Å². The molecule has 1 heterocycles. The number of nitrogens with zero attached hydrogens (tertiary/aromatic N) is 1. The van der Waals surface area contributed by atoms with Crippen molar-refractivity contribution in [1.82, 2.24) is 5.16 Å². The monoisotopic (exact) mass is 384 g/mol. The molecule has 1 unspecified atom stereocenters. The van der Waals surface area contributed by atoms with Crippen LogP contribution in [0.25, 0.3) is 11.3 Å². The second-order valence-corrected chi connectivity index (χ2v) is 6.77. The first-order chi connectivity index (χ1) is 13.4. The molecular formula is C21H23FN3O3+. The van der Waals surface area contributed by atoms with Gasteiger partial charge in [0.05, 0.1) is 14.2 Å². The highest BCUT2D eigenvalue weighted by molar-refractivity contribution is 5.90. The molecule has 1 amide bonds. The van der Waals surface area contributed by atoms with Crippen LogP contribution in [0.1, 0.15) is 11.1 Å². The number of halogens is 1. The Hall–Kier alpha value is -3.19. The van der Waals surface area contributed by atoms with E-state index in [1.165, 1.54) is 13.2 Å². The van der Waals surface area contributed by atoms with Crippen LogP contribution in [0.4, 0.5) is 10.3 Å². The molecule has 2 N–H and O–H groups in total. The number of aryl methyl sites for hydroxylation is 1. The highest BCUT2D eigenvalue weighted by Gasteiger charge is 2.15. The molecule has 28 heavy (non-hydrogen) atoms. The summed E-state index contributed by atoms with van der Waals surface area (Å²) in [5.41, 5.74) is 3.51. The van der Waals surface area contributed by atoms with Gasteiger partial charge >= 0.3 is 0 Å². The number of benzene rings is 2. The Bertz CT molecular complexity index is 954. The topological polar surface area (TPSA) is 68.8 Å². The minimum Gasteiger partial charge on any atom is -0.494 e. The third-order valence-corrected chi connectivity index (χ3v) is 4.30. The van der Waals surface area contributed by atoms with E-state index in [-0.39, 0.29) is 18.2 Å². The molecule has 0 aliphatic heterocycles. The van der Waals surface area contributed by atoms with Crippen LogP contribution in [-0.4, -0.2) is 31.8 Å². The fourth-order valence-corrected chi connectivity index (χ4v) is 2.88. The number of likely N-dealkylation sites (N-methyl/N-ethyl adjacent to an activating group) is 1. The third kappa shape index (κ3) is 4.95. The average Bonchev–Trinajstić information content (AvgIpc) is 3.10. The van der Waals surface area contributed by atoms with Gasteiger partial charge in [0, 0.05) is 17.2 Å². The van der Waals surface area contributed by atoms with E-state index >= 15 is 0 Å². The fourth-order valence-electron chi connectivity index (χ4n) is 2.88. The summed E-state index contributed by atoms with van der Waals surface area (Å²) in [6, 6.07) is 14.4. The number of amides is 1. The molecule has 0 aliphatic rings. The number of hydrogen-bond donors (Lipinski definition) is 2. The Morgan fingerprint density at radius 3 is 2.64 bits per heavy atom. The Morgan fingerprint density at radius 1 is 1.21 bits per heavy atom. The van der Waals surface area contributed by atoms with Crippen molar-refractivity contribution in [3.63, 3.8) is 0 Å². The minimum absolute atomic E-state index is 0.203. The van der Waals surface area contributed by atoms with E-state index in [1.807, 2.05) is 38.2 Å². The molecule has 0 saturated heterocycles. The molecule has 3 aromatic rings. The summed E-state index contributed by atoms with van der Waals surface area (Å²) in [5.74, 6) is -0.127. The second kappa shape index (κ2) is 8.67. The zero-order chi connectivity index (χ0) is 20.1. The maximum absolute atomic E-state index is 13.8. The molecule has 146 valence electrons. The Balaban J connectivity index is 1.55. The van der Waals surface area contributed by atoms with Crippen LogP contribution in [0.3, 0.4) is 0 Å². The normalized spacial score (nSPS) is 11.9. The summed E-state index contributed by atoms with van der Waals surface area (Å²) in [6.07, 6.45) is 0. The van der Waals surface area contributed by atoms with Crippen LogP contribution >= 0.6 is 0 Å². The molecule has 0 spiro atoms. The van der Waals surface area contributed by atoms with Crippen LogP contribution < -0.4 is 15.0 Å². The Morgan fingerprint density at radius 2 is 1.96 bits per heavy atom. The highest BCUT2D eigenvalue weighted by Crippen LogP contribution is 2.22. The number of quaternary nitrogens is 1. The van der Waals surface area contributed by atoms with E-state index in [9.17, 15) is 9.18 Å².